The second-order valence-corrected chi connectivity index (χ2v) is 5.89. The van der Waals surface area contributed by atoms with Gasteiger partial charge in [-0.2, -0.15) is 13.2 Å². The SMILES string of the molecule is CNC(=O)CN1CCC(NC(=O)c2ccc(F)c(C(F)(F)F)c2)CC1. The van der Waals surface area contributed by atoms with Gasteiger partial charge in [0.05, 0.1) is 12.1 Å². The fourth-order valence-corrected chi connectivity index (χ4v) is 2.67. The Labute approximate surface area is 142 Å². The molecule has 0 aliphatic carbocycles. The molecule has 2 rings (SSSR count). The number of carbonyl (C=O) groups is 2. The van der Waals surface area contributed by atoms with Crippen LogP contribution in [0.1, 0.15) is 28.8 Å². The highest BCUT2D eigenvalue weighted by Crippen LogP contribution is 2.31. The van der Waals surface area contributed by atoms with Crippen LogP contribution in [0.2, 0.25) is 0 Å². The standard InChI is InChI=1S/C16H19F4N3O2/c1-21-14(24)9-23-6-4-11(5-7-23)22-15(25)10-2-3-13(17)12(8-10)16(18,19)20/h2-3,8,11H,4-7,9H2,1H3,(H,21,24)(H,22,25). The highest BCUT2D eigenvalue weighted by atomic mass is 19.4. The average Bonchev–Trinajstić information content (AvgIpc) is 2.55. The third-order valence-electron chi connectivity index (χ3n) is 4.10. The van der Waals surface area contributed by atoms with Gasteiger partial charge in [-0.05, 0) is 31.0 Å². The van der Waals surface area contributed by atoms with Crippen LogP contribution in [0.25, 0.3) is 0 Å². The van der Waals surface area contributed by atoms with Crippen molar-refractivity contribution in [3.05, 3.63) is 35.1 Å². The number of nitrogens with one attached hydrogen (secondary N) is 2. The van der Waals surface area contributed by atoms with Gasteiger partial charge in [-0.15, -0.1) is 0 Å². The summed E-state index contributed by atoms with van der Waals surface area (Å²) < 4.78 is 51.4. The molecule has 1 fully saturated rings. The fraction of sp³-hybridized carbons (Fsp3) is 0.500. The first-order chi connectivity index (χ1) is 11.7. The zero-order chi connectivity index (χ0) is 18.6. The third-order valence-corrected chi connectivity index (χ3v) is 4.10. The fourth-order valence-electron chi connectivity index (χ4n) is 2.67. The summed E-state index contributed by atoms with van der Waals surface area (Å²) in [6.45, 7) is 1.45. The van der Waals surface area contributed by atoms with Crippen molar-refractivity contribution in [1.82, 2.24) is 15.5 Å². The second kappa shape index (κ2) is 7.81. The predicted octanol–water partition coefficient (Wildman–Crippen LogP) is 1.78. The summed E-state index contributed by atoms with van der Waals surface area (Å²) in [4.78, 5) is 25.4. The first-order valence-electron chi connectivity index (χ1n) is 7.81. The van der Waals surface area contributed by atoms with E-state index >= 15 is 0 Å². The Hall–Kier alpha value is -2.16. The van der Waals surface area contributed by atoms with Crippen LogP contribution in [-0.4, -0.2) is 49.4 Å². The molecular weight excluding hydrogens is 342 g/mol. The monoisotopic (exact) mass is 361 g/mol. The van der Waals surface area contributed by atoms with E-state index < -0.39 is 23.5 Å². The van der Waals surface area contributed by atoms with E-state index in [1.165, 1.54) is 0 Å². The van der Waals surface area contributed by atoms with Gasteiger partial charge in [0.15, 0.2) is 0 Å². The highest BCUT2D eigenvalue weighted by molar-refractivity contribution is 5.94. The van der Waals surface area contributed by atoms with Gasteiger partial charge in [0, 0.05) is 31.7 Å². The quantitative estimate of drug-likeness (QED) is 0.804. The number of likely N-dealkylation sites (tertiary alicyclic amines) is 1. The van der Waals surface area contributed by atoms with Crippen LogP contribution < -0.4 is 10.6 Å². The molecule has 5 nitrogen and oxygen atoms in total. The molecule has 1 saturated heterocycles. The summed E-state index contributed by atoms with van der Waals surface area (Å²) in [6.07, 6.45) is -3.70. The molecule has 0 bridgehead atoms. The number of carbonyl (C=O) groups excluding carboxylic acids is 2. The highest BCUT2D eigenvalue weighted by Gasteiger charge is 2.35. The number of rotatable bonds is 4. The molecule has 0 spiro atoms. The van der Waals surface area contributed by atoms with Crippen molar-refractivity contribution in [2.75, 3.05) is 26.7 Å². The van der Waals surface area contributed by atoms with E-state index in [0.29, 0.717) is 38.1 Å². The van der Waals surface area contributed by atoms with Gasteiger partial charge >= 0.3 is 6.18 Å². The van der Waals surface area contributed by atoms with Crippen molar-refractivity contribution in [3.63, 3.8) is 0 Å². The number of amides is 2. The lowest BCUT2D eigenvalue weighted by Gasteiger charge is -2.31. The normalized spacial score (nSPS) is 16.5. The molecule has 0 unspecified atom stereocenters. The predicted molar refractivity (Wildman–Crippen MR) is 82.4 cm³/mol. The van der Waals surface area contributed by atoms with Crippen LogP contribution in [0.4, 0.5) is 17.6 Å². The van der Waals surface area contributed by atoms with Gasteiger partial charge in [-0.25, -0.2) is 4.39 Å². The van der Waals surface area contributed by atoms with E-state index in [2.05, 4.69) is 10.6 Å². The van der Waals surface area contributed by atoms with E-state index in [1.54, 1.807) is 7.05 Å². The number of piperidine rings is 1. The van der Waals surface area contributed by atoms with E-state index in [4.69, 9.17) is 0 Å². The van der Waals surface area contributed by atoms with Crippen LogP contribution in [0, 0.1) is 5.82 Å². The molecule has 1 aromatic rings. The van der Waals surface area contributed by atoms with E-state index in [0.717, 1.165) is 6.07 Å². The molecule has 2 amide bonds. The number of likely N-dealkylation sites (N-methyl/N-ethyl adjacent to an activating group) is 1. The topological polar surface area (TPSA) is 61.4 Å². The Morgan fingerprint density at radius 1 is 1.24 bits per heavy atom. The number of alkyl halides is 3. The second-order valence-electron chi connectivity index (χ2n) is 5.89. The average molecular weight is 361 g/mol. The molecule has 1 aliphatic heterocycles. The molecule has 25 heavy (non-hydrogen) atoms. The smallest absolute Gasteiger partial charge is 0.358 e. The Balaban J connectivity index is 1.94. The summed E-state index contributed by atoms with van der Waals surface area (Å²) in [5, 5.41) is 5.19. The number of hydrogen-bond acceptors (Lipinski definition) is 3. The molecule has 1 aromatic carbocycles. The van der Waals surface area contributed by atoms with Gasteiger partial charge in [0.2, 0.25) is 5.91 Å². The maximum Gasteiger partial charge on any atom is 0.419 e. The summed E-state index contributed by atoms with van der Waals surface area (Å²) in [6, 6.07) is 1.99. The molecule has 0 atom stereocenters. The Bertz CT molecular complexity index is 641. The molecular formula is C16H19F4N3O2. The Kier molecular flexibility index (Phi) is 5.99. The zero-order valence-corrected chi connectivity index (χ0v) is 13.6. The molecule has 1 heterocycles. The number of benzene rings is 1. The van der Waals surface area contributed by atoms with E-state index in [9.17, 15) is 27.2 Å². The van der Waals surface area contributed by atoms with Crippen LogP contribution >= 0.6 is 0 Å². The first-order valence-corrected chi connectivity index (χ1v) is 7.81. The summed E-state index contributed by atoms with van der Waals surface area (Å²) in [7, 11) is 1.55. The molecule has 0 saturated carbocycles. The van der Waals surface area contributed by atoms with Crippen LogP contribution in [0.15, 0.2) is 18.2 Å². The summed E-state index contributed by atoms with van der Waals surface area (Å²) in [5.74, 6) is -2.18. The summed E-state index contributed by atoms with van der Waals surface area (Å²) in [5.41, 5.74) is -1.69. The van der Waals surface area contributed by atoms with Crippen LogP contribution in [-0.2, 0) is 11.0 Å². The van der Waals surface area contributed by atoms with Gasteiger partial charge in [0.25, 0.3) is 5.91 Å². The molecule has 0 aromatic heterocycles. The van der Waals surface area contributed by atoms with Crippen molar-refractivity contribution in [2.45, 2.75) is 25.1 Å². The van der Waals surface area contributed by atoms with Gasteiger partial charge in [-0.3, -0.25) is 14.5 Å². The van der Waals surface area contributed by atoms with Crippen LogP contribution in [0.3, 0.4) is 0 Å². The maximum atomic E-state index is 13.3. The molecule has 2 N–H and O–H groups in total. The minimum absolute atomic E-state index is 0.103. The lowest BCUT2D eigenvalue weighted by Crippen LogP contribution is -2.47. The van der Waals surface area contributed by atoms with Gasteiger partial charge in [0.1, 0.15) is 5.82 Å². The van der Waals surface area contributed by atoms with Crippen molar-refractivity contribution in [2.24, 2.45) is 0 Å². The first kappa shape index (κ1) is 19.2. The lowest BCUT2D eigenvalue weighted by atomic mass is 10.0. The number of nitrogens with zero attached hydrogens (tertiary/aromatic N) is 1. The maximum absolute atomic E-state index is 13.3. The lowest BCUT2D eigenvalue weighted by molar-refractivity contribution is -0.140. The molecule has 138 valence electrons. The van der Waals surface area contributed by atoms with Crippen molar-refractivity contribution >= 4 is 11.8 Å². The van der Waals surface area contributed by atoms with E-state index in [-0.39, 0.29) is 24.1 Å². The van der Waals surface area contributed by atoms with E-state index in [1.807, 2.05) is 4.90 Å². The zero-order valence-electron chi connectivity index (χ0n) is 13.6. The Morgan fingerprint density at radius 3 is 2.44 bits per heavy atom. The molecule has 0 radical (unpaired) electrons. The molecule has 1 aliphatic rings. The Morgan fingerprint density at radius 2 is 1.88 bits per heavy atom. The third kappa shape index (κ3) is 5.15. The number of halogens is 4. The van der Waals surface area contributed by atoms with Crippen LogP contribution in [0.5, 0.6) is 0 Å². The largest absolute Gasteiger partial charge is 0.419 e. The van der Waals surface area contributed by atoms with Crippen molar-refractivity contribution in [3.8, 4) is 0 Å². The minimum atomic E-state index is -4.86. The number of hydrogen-bond donors (Lipinski definition) is 2. The van der Waals surface area contributed by atoms with Gasteiger partial charge < -0.3 is 10.6 Å². The van der Waals surface area contributed by atoms with Crippen molar-refractivity contribution < 1.29 is 27.2 Å². The minimum Gasteiger partial charge on any atom is -0.358 e. The summed E-state index contributed by atoms with van der Waals surface area (Å²) >= 11 is 0. The van der Waals surface area contributed by atoms with Gasteiger partial charge in [-0.1, -0.05) is 0 Å². The van der Waals surface area contributed by atoms with Crippen molar-refractivity contribution in [1.29, 1.82) is 0 Å². The molecule has 9 heteroatoms.